The smallest absolute Gasteiger partial charge is 0.387 e. The van der Waals surface area contributed by atoms with E-state index in [1.165, 1.54) is 24.5 Å². The van der Waals surface area contributed by atoms with Gasteiger partial charge in [-0.25, -0.2) is 14.8 Å². The highest BCUT2D eigenvalue weighted by molar-refractivity contribution is 5.93. The van der Waals surface area contributed by atoms with Crippen LogP contribution in [0.2, 0.25) is 0 Å². The van der Waals surface area contributed by atoms with E-state index in [1.54, 1.807) is 12.1 Å². The highest BCUT2D eigenvalue weighted by Gasteiger charge is 2.15. The number of aromatic nitrogens is 2. The number of anilines is 1. The molecule has 3 N–H and O–H groups in total. The van der Waals surface area contributed by atoms with Crippen molar-refractivity contribution < 1.29 is 27.8 Å². The van der Waals surface area contributed by atoms with E-state index in [-0.39, 0.29) is 23.8 Å². The van der Waals surface area contributed by atoms with Crippen molar-refractivity contribution in [2.75, 3.05) is 18.9 Å². The van der Waals surface area contributed by atoms with Gasteiger partial charge in [-0.05, 0) is 24.1 Å². The molecule has 0 fully saturated rings. The summed E-state index contributed by atoms with van der Waals surface area (Å²) >= 11 is 0. The van der Waals surface area contributed by atoms with E-state index in [9.17, 15) is 18.4 Å². The van der Waals surface area contributed by atoms with E-state index in [0.29, 0.717) is 6.42 Å². The van der Waals surface area contributed by atoms with Crippen molar-refractivity contribution >= 4 is 17.7 Å². The van der Waals surface area contributed by atoms with Crippen LogP contribution in [-0.4, -0.2) is 41.6 Å². The monoisotopic (exact) mass is 366 g/mol. The number of nitrogens with two attached hydrogens (primary N) is 1. The van der Waals surface area contributed by atoms with E-state index in [0.717, 1.165) is 5.56 Å². The number of alkyl halides is 2. The summed E-state index contributed by atoms with van der Waals surface area (Å²) in [5.74, 6) is -1.38. The standard InChI is InChI=1S/C16H16F2N4O4/c17-16(18)26-11-3-1-10(2-4-11)5-6-20-12(23)9-25-15(24)13-14(19)22-8-7-21-13/h1-4,7-8,16H,5-6,9H2,(H2,19,22)(H,20,23). The van der Waals surface area contributed by atoms with Crippen LogP contribution in [0.25, 0.3) is 0 Å². The van der Waals surface area contributed by atoms with Crippen molar-refractivity contribution in [1.82, 2.24) is 15.3 Å². The molecule has 0 saturated heterocycles. The van der Waals surface area contributed by atoms with Gasteiger partial charge in [-0.2, -0.15) is 8.78 Å². The zero-order chi connectivity index (χ0) is 18.9. The Balaban J connectivity index is 1.70. The SMILES string of the molecule is Nc1nccnc1C(=O)OCC(=O)NCCc1ccc(OC(F)F)cc1. The molecule has 8 nitrogen and oxygen atoms in total. The van der Waals surface area contributed by atoms with Crippen LogP contribution in [0.1, 0.15) is 16.1 Å². The van der Waals surface area contributed by atoms with Gasteiger partial charge < -0.3 is 20.5 Å². The molecule has 138 valence electrons. The first-order valence-electron chi connectivity index (χ1n) is 7.49. The highest BCUT2D eigenvalue weighted by atomic mass is 19.3. The molecule has 0 atom stereocenters. The molecule has 26 heavy (non-hydrogen) atoms. The molecule has 0 radical (unpaired) electrons. The lowest BCUT2D eigenvalue weighted by atomic mass is 10.1. The lowest BCUT2D eigenvalue weighted by Crippen LogP contribution is -2.30. The minimum absolute atomic E-state index is 0.0583. The number of nitrogen functional groups attached to an aromatic ring is 1. The normalized spacial score (nSPS) is 10.4. The minimum atomic E-state index is -2.87. The number of hydrogen-bond donors (Lipinski definition) is 2. The van der Waals surface area contributed by atoms with Gasteiger partial charge in [-0.3, -0.25) is 4.79 Å². The zero-order valence-corrected chi connectivity index (χ0v) is 13.5. The summed E-state index contributed by atoms with van der Waals surface area (Å²) < 4.78 is 33.2. The molecule has 0 aliphatic carbocycles. The fraction of sp³-hybridized carbons (Fsp3) is 0.250. The molecule has 0 bridgehead atoms. The number of amides is 1. The highest BCUT2D eigenvalue weighted by Crippen LogP contribution is 2.15. The fourth-order valence-corrected chi connectivity index (χ4v) is 1.94. The van der Waals surface area contributed by atoms with Gasteiger partial charge in [0.2, 0.25) is 0 Å². The zero-order valence-electron chi connectivity index (χ0n) is 13.5. The molecule has 2 aromatic rings. The molecule has 1 aromatic carbocycles. The fourth-order valence-electron chi connectivity index (χ4n) is 1.94. The Bertz CT molecular complexity index is 756. The minimum Gasteiger partial charge on any atom is -0.451 e. The van der Waals surface area contributed by atoms with Crippen LogP contribution in [0.3, 0.4) is 0 Å². The third-order valence-electron chi connectivity index (χ3n) is 3.14. The van der Waals surface area contributed by atoms with Crippen molar-refractivity contribution in [3.8, 4) is 5.75 Å². The second-order valence-corrected chi connectivity index (χ2v) is 4.99. The number of ether oxygens (including phenoxy) is 2. The average Bonchev–Trinajstić information content (AvgIpc) is 2.61. The molecule has 1 aromatic heterocycles. The summed E-state index contributed by atoms with van der Waals surface area (Å²) in [4.78, 5) is 30.8. The van der Waals surface area contributed by atoms with Crippen LogP contribution in [0, 0.1) is 0 Å². The van der Waals surface area contributed by atoms with E-state index < -0.39 is 25.1 Å². The number of nitrogens with one attached hydrogen (secondary N) is 1. The molecule has 0 spiro atoms. The second kappa shape index (κ2) is 9.25. The van der Waals surface area contributed by atoms with Crippen molar-refractivity contribution in [1.29, 1.82) is 0 Å². The van der Waals surface area contributed by atoms with Crippen molar-refractivity contribution in [2.24, 2.45) is 0 Å². The Morgan fingerprint density at radius 2 is 1.85 bits per heavy atom. The third kappa shape index (κ3) is 5.96. The van der Waals surface area contributed by atoms with Gasteiger partial charge in [-0.1, -0.05) is 12.1 Å². The van der Waals surface area contributed by atoms with Crippen molar-refractivity contribution in [2.45, 2.75) is 13.0 Å². The molecule has 0 saturated carbocycles. The van der Waals surface area contributed by atoms with E-state index in [2.05, 4.69) is 20.0 Å². The van der Waals surface area contributed by atoms with Gasteiger partial charge in [0.25, 0.3) is 5.91 Å². The lowest BCUT2D eigenvalue weighted by molar-refractivity contribution is -0.124. The molecular formula is C16H16F2N4O4. The average molecular weight is 366 g/mol. The van der Waals surface area contributed by atoms with Crippen LogP contribution >= 0.6 is 0 Å². The molecule has 10 heteroatoms. The number of carbonyl (C=O) groups is 2. The van der Waals surface area contributed by atoms with Gasteiger partial charge in [0, 0.05) is 18.9 Å². The van der Waals surface area contributed by atoms with Crippen LogP contribution in [-0.2, 0) is 16.0 Å². The van der Waals surface area contributed by atoms with Crippen molar-refractivity contribution in [3.63, 3.8) is 0 Å². The molecule has 0 unspecified atom stereocenters. The van der Waals surface area contributed by atoms with Gasteiger partial charge in [0.15, 0.2) is 18.1 Å². The molecule has 0 aliphatic heterocycles. The van der Waals surface area contributed by atoms with Crippen LogP contribution < -0.4 is 15.8 Å². The van der Waals surface area contributed by atoms with Crippen LogP contribution in [0.4, 0.5) is 14.6 Å². The largest absolute Gasteiger partial charge is 0.451 e. The first kappa shape index (κ1) is 19.0. The first-order valence-corrected chi connectivity index (χ1v) is 7.49. The molecule has 0 aliphatic rings. The van der Waals surface area contributed by atoms with Gasteiger partial charge in [-0.15, -0.1) is 0 Å². The summed E-state index contributed by atoms with van der Waals surface area (Å²) in [5.41, 5.74) is 6.14. The molecular weight excluding hydrogens is 350 g/mol. The first-order chi connectivity index (χ1) is 12.5. The quantitative estimate of drug-likeness (QED) is 0.674. The Kier molecular flexibility index (Phi) is 6.77. The summed E-state index contributed by atoms with van der Waals surface area (Å²) in [6.45, 7) is -3.09. The van der Waals surface area contributed by atoms with Gasteiger partial charge in [0.05, 0.1) is 0 Å². The summed E-state index contributed by atoms with van der Waals surface area (Å²) in [5, 5.41) is 2.56. The second-order valence-electron chi connectivity index (χ2n) is 4.99. The maximum atomic E-state index is 12.1. The molecule has 1 amide bonds. The predicted octanol–water partition coefficient (Wildman–Crippen LogP) is 1.18. The number of halogens is 2. The lowest BCUT2D eigenvalue weighted by Gasteiger charge is -2.08. The number of benzene rings is 1. The van der Waals surface area contributed by atoms with E-state index in [1.807, 2.05) is 0 Å². The number of rotatable bonds is 8. The number of carbonyl (C=O) groups excluding carboxylic acids is 2. The third-order valence-corrected chi connectivity index (χ3v) is 3.14. The van der Waals surface area contributed by atoms with E-state index >= 15 is 0 Å². The van der Waals surface area contributed by atoms with E-state index in [4.69, 9.17) is 10.5 Å². The number of nitrogens with zero attached hydrogens (tertiary/aromatic N) is 2. The van der Waals surface area contributed by atoms with Crippen molar-refractivity contribution in [3.05, 3.63) is 47.9 Å². The predicted molar refractivity (Wildman–Crippen MR) is 86.5 cm³/mol. The maximum absolute atomic E-state index is 12.1. The summed E-state index contributed by atoms with van der Waals surface area (Å²) in [7, 11) is 0. The van der Waals surface area contributed by atoms with Crippen LogP contribution in [0.15, 0.2) is 36.7 Å². The Labute approximate surface area is 147 Å². The maximum Gasteiger partial charge on any atom is 0.387 e. The Hall–Kier alpha value is -3.30. The van der Waals surface area contributed by atoms with Crippen LogP contribution in [0.5, 0.6) is 5.75 Å². The summed E-state index contributed by atoms with van der Waals surface area (Å²) in [6.07, 6.45) is 3.07. The Morgan fingerprint density at radius 1 is 1.15 bits per heavy atom. The van der Waals surface area contributed by atoms with Gasteiger partial charge in [0.1, 0.15) is 5.75 Å². The molecule has 1 heterocycles. The molecule has 2 rings (SSSR count). The number of hydrogen-bond acceptors (Lipinski definition) is 7. The number of esters is 1. The Morgan fingerprint density at radius 3 is 2.50 bits per heavy atom. The summed E-state index contributed by atoms with van der Waals surface area (Å²) in [6, 6.07) is 6.05. The van der Waals surface area contributed by atoms with Gasteiger partial charge >= 0.3 is 12.6 Å². The topological polar surface area (TPSA) is 116 Å².